The van der Waals surface area contributed by atoms with Crippen LogP contribution in [0.25, 0.3) is 0 Å². The zero-order valence-corrected chi connectivity index (χ0v) is 10.1. The fourth-order valence-corrected chi connectivity index (χ4v) is 2.10. The van der Waals surface area contributed by atoms with Crippen LogP contribution in [0.3, 0.4) is 0 Å². The Kier molecular flexibility index (Phi) is 3.19. The van der Waals surface area contributed by atoms with Crippen LogP contribution in [-0.4, -0.2) is 26.3 Å². The molecule has 1 aromatic heterocycles. The lowest BCUT2D eigenvalue weighted by molar-refractivity contribution is 0.0692. The number of aromatic amines is 1. The Morgan fingerprint density at radius 1 is 1.56 bits per heavy atom. The largest absolute Gasteiger partial charge is 0.478 e. The van der Waals surface area contributed by atoms with Gasteiger partial charge in [0.2, 0.25) is 5.16 Å². The summed E-state index contributed by atoms with van der Waals surface area (Å²) < 4.78 is 13.5. The van der Waals surface area contributed by atoms with Crippen LogP contribution in [0.4, 0.5) is 10.1 Å². The highest BCUT2D eigenvalue weighted by atomic mass is 32.2. The number of aromatic nitrogens is 3. The number of carboxylic acid groups (broad SMARTS) is 1. The molecule has 0 fully saturated rings. The number of halogens is 1. The van der Waals surface area contributed by atoms with Gasteiger partial charge in [0.25, 0.3) is 0 Å². The van der Waals surface area contributed by atoms with Crippen molar-refractivity contribution in [2.45, 2.75) is 17.0 Å². The van der Waals surface area contributed by atoms with Gasteiger partial charge in [0, 0.05) is 10.6 Å². The Morgan fingerprint density at radius 2 is 2.28 bits per heavy atom. The second-order valence-electron chi connectivity index (χ2n) is 3.48. The van der Waals surface area contributed by atoms with Crippen LogP contribution >= 0.6 is 11.8 Å². The monoisotopic (exact) mass is 268 g/mol. The Balaban J connectivity index is 2.35. The minimum atomic E-state index is -1.36. The predicted octanol–water partition coefficient (Wildman–Crippen LogP) is 1.68. The van der Waals surface area contributed by atoms with E-state index in [2.05, 4.69) is 15.2 Å². The summed E-state index contributed by atoms with van der Waals surface area (Å²) in [5.74, 6) is -1.57. The van der Waals surface area contributed by atoms with Gasteiger partial charge in [-0.15, -0.1) is 5.10 Å². The van der Waals surface area contributed by atoms with Gasteiger partial charge in [0.1, 0.15) is 11.6 Å². The van der Waals surface area contributed by atoms with Crippen molar-refractivity contribution in [3.63, 3.8) is 0 Å². The Hall–Kier alpha value is -2.09. The van der Waals surface area contributed by atoms with Crippen LogP contribution < -0.4 is 5.73 Å². The second kappa shape index (κ2) is 4.65. The molecule has 6 nitrogen and oxygen atoms in total. The molecule has 2 rings (SSSR count). The average Bonchev–Trinajstić information content (AvgIpc) is 2.68. The fraction of sp³-hybridized carbons (Fsp3) is 0.100. The van der Waals surface area contributed by atoms with Crippen molar-refractivity contribution < 1.29 is 14.3 Å². The molecule has 8 heteroatoms. The van der Waals surface area contributed by atoms with Crippen LogP contribution in [0.15, 0.2) is 22.2 Å². The molecule has 1 heterocycles. The van der Waals surface area contributed by atoms with E-state index < -0.39 is 17.3 Å². The Morgan fingerprint density at radius 3 is 2.83 bits per heavy atom. The highest BCUT2D eigenvalue weighted by Crippen LogP contribution is 2.31. The van der Waals surface area contributed by atoms with Crippen molar-refractivity contribution in [2.24, 2.45) is 0 Å². The van der Waals surface area contributed by atoms with Crippen LogP contribution in [0.1, 0.15) is 16.2 Å². The summed E-state index contributed by atoms with van der Waals surface area (Å²) in [5, 5.41) is 15.6. The van der Waals surface area contributed by atoms with E-state index in [0.29, 0.717) is 15.9 Å². The molecule has 0 saturated heterocycles. The molecule has 0 aliphatic rings. The molecule has 0 bridgehead atoms. The van der Waals surface area contributed by atoms with E-state index in [1.807, 2.05) is 0 Å². The zero-order valence-electron chi connectivity index (χ0n) is 9.27. The number of nitrogens with two attached hydrogens (primary N) is 1. The van der Waals surface area contributed by atoms with Crippen molar-refractivity contribution in [1.29, 1.82) is 0 Å². The predicted molar refractivity (Wildman–Crippen MR) is 63.0 cm³/mol. The number of aryl methyl sites for hydroxylation is 1. The normalized spacial score (nSPS) is 10.6. The molecular formula is C10H9FN4O2S. The first-order valence-corrected chi connectivity index (χ1v) is 5.68. The summed E-state index contributed by atoms with van der Waals surface area (Å²) in [7, 11) is 0. The number of rotatable bonds is 3. The number of nitrogens with zero attached hydrogens (tertiary/aromatic N) is 2. The van der Waals surface area contributed by atoms with Crippen LogP contribution in [-0.2, 0) is 0 Å². The molecule has 0 unspecified atom stereocenters. The molecule has 0 saturated carbocycles. The van der Waals surface area contributed by atoms with Gasteiger partial charge in [0.05, 0.1) is 5.56 Å². The van der Waals surface area contributed by atoms with Crippen LogP contribution in [0, 0.1) is 12.7 Å². The smallest absolute Gasteiger partial charge is 0.338 e. The van der Waals surface area contributed by atoms with Gasteiger partial charge in [0.15, 0.2) is 0 Å². The third kappa shape index (κ3) is 2.43. The number of carbonyl (C=O) groups is 1. The van der Waals surface area contributed by atoms with Gasteiger partial charge in [-0.2, -0.15) is 0 Å². The van der Waals surface area contributed by atoms with Crippen molar-refractivity contribution in [1.82, 2.24) is 15.2 Å². The number of nitrogen functional groups attached to an aromatic ring is 1. The number of hydrogen-bond acceptors (Lipinski definition) is 5. The van der Waals surface area contributed by atoms with E-state index in [9.17, 15) is 9.18 Å². The molecular weight excluding hydrogens is 259 g/mol. The average molecular weight is 268 g/mol. The zero-order chi connectivity index (χ0) is 13.3. The van der Waals surface area contributed by atoms with Crippen molar-refractivity contribution in [3.8, 4) is 0 Å². The number of benzene rings is 1. The summed E-state index contributed by atoms with van der Waals surface area (Å²) >= 11 is 1.06. The lowest BCUT2D eigenvalue weighted by Crippen LogP contribution is -2.03. The number of H-pyrrole nitrogens is 1. The van der Waals surface area contributed by atoms with Gasteiger partial charge < -0.3 is 10.8 Å². The number of aromatic carboxylic acids is 1. The van der Waals surface area contributed by atoms with Crippen LogP contribution in [0.2, 0.25) is 0 Å². The first-order chi connectivity index (χ1) is 8.47. The molecule has 0 aliphatic carbocycles. The van der Waals surface area contributed by atoms with E-state index in [-0.39, 0.29) is 5.69 Å². The van der Waals surface area contributed by atoms with Gasteiger partial charge in [-0.25, -0.2) is 14.2 Å². The van der Waals surface area contributed by atoms with E-state index >= 15 is 0 Å². The van der Waals surface area contributed by atoms with Crippen LogP contribution in [0.5, 0.6) is 0 Å². The SMILES string of the molecule is Cc1nc(Sc2cc(F)c(C(=O)O)cc2N)n[nH]1. The maximum atomic E-state index is 13.5. The van der Waals surface area contributed by atoms with Gasteiger partial charge >= 0.3 is 5.97 Å². The third-order valence-electron chi connectivity index (χ3n) is 2.11. The molecule has 2 aromatic rings. The molecule has 0 aliphatic heterocycles. The van der Waals surface area contributed by atoms with Gasteiger partial charge in [-0.05, 0) is 30.8 Å². The molecule has 0 spiro atoms. The molecule has 0 radical (unpaired) electrons. The first-order valence-electron chi connectivity index (χ1n) is 4.86. The summed E-state index contributed by atoms with van der Waals surface area (Å²) in [5.41, 5.74) is 5.38. The minimum absolute atomic E-state index is 0.168. The van der Waals surface area contributed by atoms with E-state index in [1.165, 1.54) is 0 Å². The lowest BCUT2D eigenvalue weighted by Gasteiger charge is -2.05. The molecule has 0 atom stereocenters. The highest BCUT2D eigenvalue weighted by Gasteiger charge is 2.15. The lowest BCUT2D eigenvalue weighted by atomic mass is 10.2. The molecule has 4 N–H and O–H groups in total. The third-order valence-corrected chi connectivity index (χ3v) is 3.05. The summed E-state index contributed by atoms with van der Waals surface area (Å²) in [6.45, 7) is 1.73. The molecule has 0 amide bonds. The fourth-order valence-electron chi connectivity index (χ4n) is 1.29. The standard InChI is InChI=1S/C10H9FN4O2S/c1-4-13-10(15-14-4)18-8-3-6(11)5(9(16)17)2-7(8)12/h2-3H,12H2,1H3,(H,16,17)(H,13,14,15). The number of hydrogen-bond donors (Lipinski definition) is 3. The molecule has 18 heavy (non-hydrogen) atoms. The van der Waals surface area contributed by atoms with Crippen molar-refractivity contribution in [2.75, 3.05) is 5.73 Å². The Labute approximate surface area is 105 Å². The van der Waals surface area contributed by atoms with E-state index in [4.69, 9.17) is 10.8 Å². The molecule has 94 valence electrons. The number of nitrogens with one attached hydrogen (secondary N) is 1. The number of anilines is 1. The maximum absolute atomic E-state index is 13.5. The summed E-state index contributed by atoms with van der Waals surface area (Å²) in [4.78, 5) is 15.1. The Bertz CT molecular complexity index is 614. The quantitative estimate of drug-likeness (QED) is 0.731. The second-order valence-corrected chi connectivity index (χ2v) is 4.49. The number of carboxylic acids is 1. The van der Waals surface area contributed by atoms with E-state index in [1.54, 1.807) is 6.92 Å². The summed E-state index contributed by atoms with van der Waals surface area (Å²) in [6.07, 6.45) is 0. The van der Waals surface area contributed by atoms with Gasteiger partial charge in [-0.1, -0.05) is 0 Å². The first kappa shape index (κ1) is 12.4. The van der Waals surface area contributed by atoms with Crippen molar-refractivity contribution in [3.05, 3.63) is 29.3 Å². The summed E-state index contributed by atoms with van der Waals surface area (Å²) in [6, 6.07) is 2.15. The van der Waals surface area contributed by atoms with E-state index in [0.717, 1.165) is 23.9 Å². The maximum Gasteiger partial charge on any atom is 0.338 e. The molecule has 1 aromatic carbocycles. The van der Waals surface area contributed by atoms with Crippen molar-refractivity contribution >= 4 is 23.4 Å². The minimum Gasteiger partial charge on any atom is -0.478 e. The van der Waals surface area contributed by atoms with Gasteiger partial charge in [-0.3, -0.25) is 5.10 Å². The topological polar surface area (TPSA) is 105 Å². The highest BCUT2D eigenvalue weighted by molar-refractivity contribution is 7.99.